The molecule has 0 fully saturated rings. The van der Waals surface area contributed by atoms with E-state index >= 15 is 0 Å². The number of likely N-dealkylation sites (N-methyl/N-ethyl adjacent to an activating group) is 1. The molecule has 0 radical (unpaired) electrons. The number of carbonyl (C=O) groups excluding carboxylic acids is 2. The number of aryl methyl sites for hydroxylation is 2. The molecule has 0 unspecified atom stereocenters. The standard InChI is InChI=1S/C25H25ClN4O3/c1-15-12-16(2)30(28-15)22-11-10-19(26)23(27-22)24(32)33-14-17(31)13-21-25(3,4)18-8-6-7-9-20(18)29(21)5/h6-13H,14H2,1-5H3/b21-13+. The summed E-state index contributed by atoms with van der Waals surface area (Å²) in [5, 5.41) is 4.51. The highest BCUT2D eigenvalue weighted by molar-refractivity contribution is 6.33. The van der Waals surface area contributed by atoms with Gasteiger partial charge in [0.2, 0.25) is 0 Å². The Hall–Kier alpha value is -3.45. The van der Waals surface area contributed by atoms with Crippen molar-refractivity contribution in [2.24, 2.45) is 0 Å². The topological polar surface area (TPSA) is 77.3 Å². The number of aromatic nitrogens is 3. The molecule has 7 nitrogen and oxygen atoms in total. The van der Waals surface area contributed by atoms with E-state index in [0.29, 0.717) is 5.82 Å². The van der Waals surface area contributed by atoms with Crippen LogP contribution < -0.4 is 4.90 Å². The zero-order valence-corrected chi connectivity index (χ0v) is 20.0. The average Bonchev–Trinajstić information content (AvgIpc) is 3.21. The molecule has 1 aromatic carbocycles. The SMILES string of the molecule is Cc1cc(C)n(-c2ccc(Cl)c(C(=O)OCC(=O)/C=C3/N(C)c4ccccc4C3(C)C)n2)n1. The van der Waals surface area contributed by atoms with Gasteiger partial charge in [-0.15, -0.1) is 0 Å². The minimum absolute atomic E-state index is 0.0621. The van der Waals surface area contributed by atoms with E-state index in [1.165, 1.54) is 6.08 Å². The zero-order chi connectivity index (χ0) is 23.9. The van der Waals surface area contributed by atoms with Crippen LogP contribution in [0.5, 0.6) is 0 Å². The van der Waals surface area contributed by atoms with E-state index in [-0.39, 0.29) is 21.9 Å². The molecular weight excluding hydrogens is 440 g/mol. The van der Waals surface area contributed by atoms with Crippen molar-refractivity contribution >= 4 is 29.0 Å². The number of anilines is 1. The lowest BCUT2D eigenvalue weighted by atomic mass is 9.83. The van der Waals surface area contributed by atoms with Crippen LogP contribution >= 0.6 is 11.6 Å². The van der Waals surface area contributed by atoms with E-state index in [0.717, 1.165) is 28.3 Å². The van der Waals surface area contributed by atoms with E-state index in [1.54, 1.807) is 16.8 Å². The molecule has 0 saturated carbocycles. The number of ketones is 1. The predicted octanol–water partition coefficient (Wildman–Crippen LogP) is 4.57. The van der Waals surface area contributed by atoms with E-state index in [1.807, 2.05) is 50.1 Å². The van der Waals surface area contributed by atoms with Crippen LogP contribution in [0.15, 0.2) is 54.2 Å². The molecule has 1 aliphatic rings. The Kier molecular flexibility index (Phi) is 5.84. The highest BCUT2D eigenvalue weighted by atomic mass is 35.5. The number of pyridine rings is 1. The van der Waals surface area contributed by atoms with Crippen molar-refractivity contribution in [1.82, 2.24) is 14.8 Å². The number of halogens is 1. The van der Waals surface area contributed by atoms with Crippen molar-refractivity contribution in [2.45, 2.75) is 33.1 Å². The summed E-state index contributed by atoms with van der Waals surface area (Å²) in [6.07, 6.45) is 1.54. The molecule has 0 N–H and O–H groups in total. The smallest absolute Gasteiger partial charge is 0.359 e. The Labute approximate surface area is 197 Å². The second-order valence-corrected chi connectivity index (χ2v) is 9.02. The molecule has 3 heterocycles. The summed E-state index contributed by atoms with van der Waals surface area (Å²) in [4.78, 5) is 31.7. The molecule has 0 amide bonds. The summed E-state index contributed by atoms with van der Waals surface area (Å²) < 4.78 is 6.88. The van der Waals surface area contributed by atoms with Crippen molar-refractivity contribution < 1.29 is 14.3 Å². The van der Waals surface area contributed by atoms with Gasteiger partial charge >= 0.3 is 5.97 Å². The van der Waals surface area contributed by atoms with Crippen molar-refractivity contribution in [1.29, 1.82) is 0 Å². The third-order valence-corrected chi connectivity index (χ3v) is 6.14. The van der Waals surface area contributed by atoms with Gasteiger partial charge in [-0.2, -0.15) is 5.10 Å². The Bertz CT molecular complexity index is 1290. The molecule has 8 heteroatoms. The maximum absolute atomic E-state index is 12.7. The van der Waals surface area contributed by atoms with Gasteiger partial charge < -0.3 is 9.64 Å². The number of nitrogens with zero attached hydrogens (tertiary/aromatic N) is 4. The fourth-order valence-electron chi connectivity index (χ4n) is 4.21. The molecule has 3 aromatic rings. The molecule has 0 saturated heterocycles. The number of para-hydroxylation sites is 1. The van der Waals surface area contributed by atoms with Crippen LogP contribution in [-0.2, 0) is 14.9 Å². The molecule has 0 bridgehead atoms. The van der Waals surface area contributed by atoms with E-state index < -0.39 is 12.6 Å². The molecule has 33 heavy (non-hydrogen) atoms. The van der Waals surface area contributed by atoms with Crippen LogP contribution in [0.3, 0.4) is 0 Å². The third kappa shape index (κ3) is 4.16. The minimum atomic E-state index is -0.766. The Morgan fingerprint density at radius 3 is 2.55 bits per heavy atom. The summed E-state index contributed by atoms with van der Waals surface area (Å²) in [5.41, 5.74) is 4.32. The lowest BCUT2D eigenvalue weighted by molar-refractivity contribution is -0.117. The number of hydrogen-bond acceptors (Lipinski definition) is 6. The lowest BCUT2D eigenvalue weighted by Crippen LogP contribution is -2.25. The first kappa shape index (κ1) is 22.7. The number of esters is 1. The highest BCUT2D eigenvalue weighted by Gasteiger charge is 2.38. The number of hydrogen-bond donors (Lipinski definition) is 0. The summed E-state index contributed by atoms with van der Waals surface area (Å²) in [5.74, 6) is -0.646. The lowest BCUT2D eigenvalue weighted by Gasteiger charge is -2.23. The van der Waals surface area contributed by atoms with Crippen LogP contribution in [0.1, 0.15) is 41.3 Å². The second kappa shape index (κ2) is 8.48. The van der Waals surface area contributed by atoms with Crippen LogP contribution in [0.4, 0.5) is 5.69 Å². The van der Waals surface area contributed by atoms with Crippen LogP contribution in [0.25, 0.3) is 5.82 Å². The van der Waals surface area contributed by atoms with Crippen LogP contribution in [0, 0.1) is 13.8 Å². The van der Waals surface area contributed by atoms with Crippen LogP contribution in [0.2, 0.25) is 5.02 Å². The largest absolute Gasteiger partial charge is 0.453 e. The summed E-state index contributed by atoms with van der Waals surface area (Å²) in [7, 11) is 1.92. The fraction of sp³-hybridized carbons (Fsp3) is 0.280. The quantitative estimate of drug-likeness (QED) is 0.406. The maximum atomic E-state index is 12.7. The van der Waals surface area contributed by atoms with Gasteiger partial charge in [0.25, 0.3) is 0 Å². The van der Waals surface area contributed by atoms with Gasteiger partial charge in [-0.25, -0.2) is 14.5 Å². The van der Waals surface area contributed by atoms with Gasteiger partial charge in [-0.3, -0.25) is 4.79 Å². The normalized spacial score (nSPS) is 15.6. The van der Waals surface area contributed by atoms with Gasteiger partial charge in [-0.1, -0.05) is 43.6 Å². The van der Waals surface area contributed by atoms with E-state index in [2.05, 4.69) is 30.0 Å². The van der Waals surface area contributed by atoms with E-state index in [4.69, 9.17) is 16.3 Å². The molecule has 4 rings (SSSR count). The first-order chi connectivity index (χ1) is 15.6. The number of ether oxygens (including phenoxy) is 1. The highest BCUT2D eigenvalue weighted by Crippen LogP contribution is 2.46. The minimum Gasteiger partial charge on any atom is -0.453 e. The Morgan fingerprint density at radius 1 is 1.15 bits per heavy atom. The average molecular weight is 465 g/mol. The molecular formula is C25H25ClN4O3. The van der Waals surface area contributed by atoms with E-state index in [9.17, 15) is 9.59 Å². The zero-order valence-electron chi connectivity index (χ0n) is 19.2. The number of rotatable bonds is 5. The molecule has 2 aromatic heterocycles. The first-order valence-corrected chi connectivity index (χ1v) is 10.9. The molecule has 0 atom stereocenters. The third-order valence-electron chi connectivity index (χ3n) is 5.83. The maximum Gasteiger partial charge on any atom is 0.359 e. The molecule has 1 aliphatic heterocycles. The molecule has 0 spiro atoms. The number of benzene rings is 1. The number of allylic oxidation sites excluding steroid dienone is 1. The first-order valence-electron chi connectivity index (χ1n) is 10.5. The summed E-state index contributed by atoms with van der Waals surface area (Å²) in [6.45, 7) is 7.48. The van der Waals surface area contributed by atoms with Gasteiger partial charge in [0.15, 0.2) is 23.9 Å². The van der Waals surface area contributed by atoms with Crippen molar-refractivity contribution in [2.75, 3.05) is 18.6 Å². The number of fused-ring (bicyclic) bond motifs is 1. The van der Waals surface area contributed by atoms with Gasteiger partial charge in [0, 0.05) is 35.6 Å². The second-order valence-electron chi connectivity index (χ2n) is 8.61. The number of carbonyl (C=O) groups is 2. The predicted molar refractivity (Wildman–Crippen MR) is 127 cm³/mol. The summed E-state index contributed by atoms with van der Waals surface area (Å²) >= 11 is 6.19. The summed E-state index contributed by atoms with van der Waals surface area (Å²) in [6, 6.07) is 13.2. The van der Waals surface area contributed by atoms with Gasteiger partial charge in [0.05, 0.1) is 10.7 Å². The van der Waals surface area contributed by atoms with Crippen molar-refractivity contribution in [3.8, 4) is 5.82 Å². The van der Waals surface area contributed by atoms with Crippen molar-refractivity contribution in [3.63, 3.8) is 0 Å². The Balaban J connectivity index is 1.50. The molecule has 0 aliphatic carbocycles. The molecule has 170 valence electrons. The van der Waals surface area contributed by atoms with Crippen molar-refractivity contribution in [3.05, 3.63) is 81.9 Å². The van der Waals surface area contributed by atoms with Gasteiger partial charge in [-0.05, 0) is 43.7 Å². The Morgan fingerprint density at radius 2 is 1.88 bits per heavy atom. The van der Waals surface area contributed by atoms with Crippen LogP contribution in [-0.4, -0.2) is 40.2 Å². The fourth-order valence-corrected chi connectivity index (χ4v) is 4.39. The van der Waals surface area contributed by atoms with Gasteiger partial charge in [0.1, 0.15) is 0 Å². The monoisotopic (exact) mass is 464 g/mol.